The van der Waals surface area contributed by atoms with Crippen molar-refractivity contribution >= 4 is 33.4 Å². The summed E-state index contributed by atoms with van der Waals surface area (Å²) in [6.45, 7) is 0. The molecule has 1 N–H and O–H groups in total. The van der Waals surface area contributed by atoms with Crippen LogP contribution in [0.2, 0.25) is 0 Å². The predicted molar refractivity (Wildman–Crippen MR) is 79.3 cm³/mol. The lowest BCUT2D eigenvalue weighted by Crippen LogP contribution is -2.30. The molecule has 98 valence electrons. The van der Waals surface area contributed by atoms with Crippen molar-refractivity contribution in [3.8, 4) is 0 Å². The van der Waals surface area contributed by atoms with Crippen LogP contribution in [0.25, 0.3) is 0 Å². The average Bonchev–Trinajstić information content (AvgIpc) is 2.46. The van der Waals surface area contributed by atoms with E-state index in [4.69, 9.17) is 11.6 Å². The Kier molecular flexibility index (Phi) is 4.93. The molecule has 0 saturated heterocycles. The molecule has 0 spiro atoms. The SMILES string of the molecule is O=C(NC(CCl)c1ccccc1)c1ccc(Br)cn1. The van der Waals surface area contributed by atoms with Crippen molar-refractivity contribution in [2.75, 3.05) is 5.88 Å². The molecule has 3 nitrogen and oxygen atoms in total. The topological polar surface area (TPSA) is 42.0 Å². The molecular weight excluding hydrogens is 328 g/mol. The minimum absolute atomic E-state index is 0.221. The van der Waals surface area contributed by atoms with Gasteiger partial charge in [-0.05, 0) is 33.6 Å². The maximum absolute atomic E-state index is 12.1. The molecule has 0 radical (unpaired) electrons. The first kappa shape index (κ1) is 14.0. The van der Waals surface area contributed by atoms with Gasteiger partial charge in [-0.1, -0.05) is 30.3 Å². The third-order valence-corrected chi connectivity index (χ3v) is 3.40. The summed E-state index contributed by atoms with van der Waals surface area (Å²) in [5.41, 5.74) is 1.34. The third-order valence-electron chi connectivity index (χ3n) is 2.62. The minimum atomic E-state index is -0.234. The number of hydrogen-bond acceptors (Lipinski definition) is 2. The molecule has 1 unspecified atom stereocenters. The molecule has 0 bridgehead atoms. The van der Waals surface area contributed by atoms with Gasteiger partial charge in [0.05, 0.1) is 6.04 Å². The van der Waals surface area contributed by atoms with E-state index < -0.39 is 0 Å². The van der Waals surface area contributed by atoms with Gasteiger partial charge >= 0.3 is 0 Å². The number of nitrogens with one attached hydrogen (secondary N) is 1. The van der Waals surface area contributed by atoms with Crippen LogP contribution < -0.4 is 5.32 Å². The number of alkyl halides is 1. The molecule has 0 saturated carbocycles. The molecule has 2 aromatic rings. The molecule has 1 heterocycles. The summed E-state index contributed by atoms with van der Waals surface area (Å²) in [6, 6.07) is 12.8. The summed E-state index contributed by atoms with van der Waals surface area (Å²) < 4.78 is 0.834. The summed E-state index contributed by atoms with van der Waals surface area (Å²) in [6.07, 6.45) is 1.59. The highest BCUT2D eigenvalue weighted by molar-refractivity contribution is 9.10. The van der Waals surface area contributed by atoms with Crippen LogP contribution in [-0.2, 0) is 0 Å². The van der Waals surface area contributed by atoms with Crippen LogP contribution in [0.3, 0.4) is 0 Å². The number of halogens is 2. The largest absolute Gasteiger partial charge is 0.343 e. The Hall–Kier alpha value is -1.39. The van der Waals surface area contributed by atoms with Gasteiger partial charge in [0.2, 0.25) is 0 Å². The van der Waals surface area contributed by atoms with Gasteiger partial charge in [0.1, 0.15) is 5.69 Å². The number of carbonyl (C=O) groups is 1. The lowest BCUT2D eigenvalue weighted by Gasteiger charge is -2.16. The zero-order valence-electron chi connectivity index (χ0n) is 10.0. The molecular formula is C14H12BrClN2O. The summed E-state index contributed by atoms with van der Waals surface area (Å²) in [5.74, 6) is 0.0775. The van der Waals surface area contributed by atoms with Crippen LogP contribution in [0, 0.1) is 0 Å². The van der Waals surface area contributed by atoms with E-state index in [2.05, 4.69) is 26.2 Å². The average molecular weight is 340 g/mol. The Morgan fingerprint density at radius 2 is 2.00 bits per heavy atom. The first-order valence-corrected chi connectivity index (χ1v) is 7.07. The smallest absolute Gasteiger partial charge is 0.270 e. The second kappa shape index (κ2) is 6.68. The van der Waals surface area contributed by atoms with Crippen LogP contribution >= 0.6 is 27.5 Å². The number of rotatable bonds is 4. The molecule has 1 amide bonds. The highest BCUT2D eigenvalue weighted by Crippen LogP contribution is 2.15. The number of benzene rings is 1. The predicted octanol–water partition coefficient (Wildman–Crippen LogP) is 3.55. The first-order chi connectivity index (χ1) is 9.20. The molecule has 1 aromatic carbocycles. The molecule has 5 heteroatoms. The Morgan fingerprint density at radius 3 is 2.58 bits per heavy atom. The normalized spacial score (nSPS) is 11.9. The van der Waals surface area contributed by atoms with Crippen LogP contribution in [-0.4, -0.2) is 16.8 Å². The van der Waals surface area contributed by atoms with Gasteiger partial charge in [0.25, 0.3) is 5.91 Å². The van der Waals surface area contributed by atoms with E-state index in [1.54, 1.807) is 18.3 Å². The van der Waals surface area contributed by atoms with Crippen molar-refractivity contribution in [2.45, 2.75) is 6.04 Å². The van der Waals surface area contributed by atoms with Gasteiger partial charge in [-0.15, -0.1) is 11.6 Å². The zero-order chi connectivity index (χ0) is 13.7. The van der Waals surface area contributed by atoms with Gasteiger partial charge in [-0.2, -0.15) is 0 Å². The zero-order valence-corrected chi connectivity index (χ0v) is 12.4. The summed E-state index contributed by atoms with van der Waals surface area (Å²) in [7, 11) is 0. The van der Waals surface area contributed by atoms with E-state index in [9.17, 15) is 4.79 Å². The number of nitrogens with zero attached hydrogens (tertiary/aromatic N) is 1. The van der Waals surface area contributed by atoms with Gasteiger partial charge < -0.3 is 5.32 Å². The fraction of sp³-hybridized carbons (Fsp3) is 0.143. The Bertz CT molecular complexity index is 545. The quantitative estimate of drug-likeness (QED) is 0.866. The molecule has 0 aliphatic rings. The van der Waals surface area contributed by atoms with Crippen LogP contribution in [0.4, 0.5) is 0 Å². The van der Waals surface area contributed by atoms with E-state index in [1.807, 2.05) is 30.3 Å². The van der Waals surface area contributed by atoms with Crippen LogP contribution in [0.1, 0.15) is 22.1 Å². The van der Waals surface area contributed by atoms with Crippen molar-refractivity contribution in [1.29, 1.82) is 0 Å². The van der Waals surface area contributed by atoms with Crippen molar-refractivity contribution in [1.82, 2.24) is 10.3 Å². The van der Waals surface area contributed by atoms with Gasteiger partial charge in [0, 0.05) is 16.5 Å². The van der Waals surface area contributed by atoms with Crippen molar-refractivity contribution < 1.29 is 4.79 Å². The number of amides is 1. The van der Waals surface area contributed by atoms with Crippen molar-refractivity contribution in [3.05, 3.63) is 64.4 Å². The van der Waals surface area contributed by atoms with E-state index in [0.29, 0.717) is 11.6 Å². The molecule has 0 aliphatic heterocycles. The Labute approximate surface area is 125 Å². The molecule has 19 heavy (non-hydrogen) atoms. The third kappa shape index (κ3) is 3.78. The lowest BCUT2D eigenvalue weighted by molar-refractivity contribution is 0.0935. The van der Waals surface area contributed by atoms with Crippen molar-refractivity contribution in [2.24, 2.45) is 0 Å². The number of aromatic nitrogens is 1. The van der Waals surface area contributed by atoms with E-state index in [-0.39, 0.29) is 11.9 Å². The molecule has 1 atom stereocenters. The maximum atomic E-state index is 12.1. The standard InChI is InChI=1S/C14H12BrClN2O/c15-11-6-7-12(17-9-11)14(19)18-13(8-16)10-4-2-1-3-5-10/h1-7,9,13H,8H2,(H,18,19). The fourth-order valence-corrected chi connectivity index (χ4v) is 2.13. The number of carbonyl (C=O) groups excluding carboxylic acids is 1. The highest BCUT2D eigenvalue weighted by Gasteiger charge is 2.15. The summed E-state index contributed by atoms with van der Waals surface area (Å²) in [4.78, 5) is 16.1. The Morgan fingerprint density at radius 1 is 1.26 bits per heavy atom. The lowest BCUT2D eigenvalue weighted by atomic mass is 10.1. The van der Waals surface area contributed by atoms with E-state index >= 15 is 0 Å². The van der Waals surface area contributed by atoms with Gasteiger partial charge in [0.15, 0.2) is 0 Å². The number of hydrogen-bond donors (Lipinski definition) is 1. The first-order valence-electron chi connectivity index (χ1n) is 5.74. The number of pyridine rings is 1. The molecule has 1 aromatic heterocycles. The molecule has 0 aliphatic carbocycles. The van der Waals surface area contributed by atoms with E-state index in [0.717, 1.165) is 10.0 Å². The highest BCUT2D eigenvalue weighted by atomic mass is 79.9. The minimum Gasteiger partial charge on any atom is -0.343 e. The van der Waals surface area contributed by atoms with Crippen LogP contribution in [0.5, 0.6) is 0 Å². The van der Waals surface area contributed by atoms with Gasteiger partial charge in [-0.25, -0.2) is 4.98 Å². The van der Waals surface area contributed by atoms with Crippen LogP contribution in [0.15, 0.2) is 53.1 Å². The van der Waals surface area contributed by atoms with E-state index in [1.165, 1.54) is 0 Å². The summed E-state index contributed by atoms with van der Waals surface area (Å²) >= 11 is 9.20. The second-order valence-electron chi connectivity index (χ2n) is 3.95. The monoisotopic (exact) mass is 338 g/mol. The summed E-state index contributed by atoms with van der Waals surface area (Å²) in [5, 5.41) is 2.87. The Balaban J connectivity index is 2.10. The maximum Gasteiger partial charge on any atom is 0.270 e. The van der Waals surface area contributed by atoms with Gasteiger partial charge in [-0.3, -0.25) is 4.79 Å². The fourth-order valence-electron chi connectivity index (χ4n) is 1.64. The molecule has 0 fully saturated rings. The second-order valence-corrected chi connectivity index (χ2v) is 5.18. The van der Waals surface area contributed by atoms with Crippen molar-refractivity contribution in [3.63, 3.8) is 0 Å². The molecule has 2 rings (SSSR count).